The van der Waals surface area contributed by atoms with Crippen molar-refractivity contribution in [2.75, 3.05) is 32.8 Å². The van der Waals surface area contributed by atoms with Gasteiger partial charge in [-0.1, -0.05) is 19.1 Å². The maximum Gasteiger partial charge on any atom is 0.325 e. The van der Waals surface area contributed by atoms with Gasteiger partial charge >= 0.3 is 6.03 Å². The zero-order valence-corrected chi connectivity index (χ0v) is 20.8. The number of hydrogen-bond acceptors (Lipinski definition) is 7. The molecule has 2 fully saturated rings. The Balaban J connectivity index is 1.35. The molecule has 2 aliphatic heterocycles. The predicted molar refractivity (Wildman–Crippen MR) is 131 cm³/mol. The number of benzene rings is 1. The molecule has 1 aromatic carbocycles. The first-order valence-electron chi connectivity index (χ1n) is 12.0. The van der Waals surface area contributed by atoms with Gasteiger partial charge in [-0.05, 0) is 62.9 Å². The standard InChI is InChI=1S/C25H34N4O4S/c1-3-25(23(31)29(24(32)27-25)12-9-22-18(2)26-17-34-22)20-7-10-28(11-8-20)16-19-5-4-6-21(15-19)33-14-13-30/h4-6,15,17,20,30H,3,7-14,16H2,1-2H3,(H,27,32). The van der Waals surface area contributed by atoms with Gasteiger partial charge < -0.3 is 15.2 Å². The van der Waals surface area contributed by atoms with Gasteiger partial charge in [-0.15, -0.1) is 11.3 Å². The summed E-state index contributed by atoms with van der Waals surface area (Å²) in [7, 11) is 0. The number of aliphatic hydroxyl groups excluding tert-OH is 1. The molecule has 184 valence electrons. The molecule has 2 aliphatic rings. The minimum atomic E-state index is -0.802. The lowest BCUT2D eigenvalue weighted by atomic mass is 9.75. The molecule has 34 heavy (non-hydrogen) atoms. The number of urea groups is 1. The summed E-state index contributed by atoms with van der Waals surface area (Å²) in [6, 6.07) is 7.69. The fourth-order valence-corrected chi connectivity index (χ4v) is 5.94. The van der Waals surface area contributed by atoms with Crippen molar-refractivity contribution in [1.29, 1.82) is 0 Å². The fourth-order valence-electron chi connectivity index (χ4n) is 5.17. The lowest BCUT2D eigenvalue weighted by Gasteiger charge is -2.40. The summed E-state index contributed by atoms with van der Waals surface area (Å²) in [4.78, 5) is 35.5. The number of amides is 3. The van der Waals surface area contributed by atoms with Gasteiger partial charge in [0.05, 0.1) is 17.8 Å². The third-order valence-electron chi connectivity index (χ3n) is 7.12. The van der Waals surface area contributed by atoms with Crippen LogP contribution in [0.25, 0.3) is 0 Å². The van der Waals surface area contributed by atoms with Crippen LogP contribution in [0, 0.1) is 12.8 Å². The minimum Gasteiger partial charge on any atom is -0.491 e. The molecule has 2 saturated heterocycles. The summed E-state index contributed by atoms with van der Waals surface area (Å²) >= 11 is 1.57. The summed E-state index contributed by atoms with van der Waals surface area (Å²) < 4.78 is 5.53. The van der Waals surface area contributed by atoms with E-state index in [4.69, 9.17) is 9.84 Å². The van der Waals surface area contributed by atoms with Crippen molar-refractivity contribution >= 4 is 23.3 Å². The van der Waals surface area contributed by atoms with E-state index < -0.39 is 5.54 Å². The number of carbonyl (C=O) groups is 2. The molecule has 1 atom stereocenters. The second-order valence-corrected chi connectivity index (χ2v) is 10.0. The van der Waals surface area contributed by atoms with Crippen molar-refractivity contribution in [3.05, 3.63) is 45.9 Å². The highest BCUT2D eigenvalue weighted by atomic mass is 32.1. The molecule has 0 aliphatic carbocycles. The number of hydrogen-bond donors (Lipinski definition) is 2. The Hall–Kier alpha value is -2.49. The van der Waals surface area contributed by atoms with E-state index in [1.807, 2.05) is 32.0 Å². The number of likely N-dealkylation sites (tertiary alicyclic amines) is 1. The Morgan fingerprint density at radius 1 is 1.29 bits per heavy atom. The molecule has 3 heterocycles. The Kier molecular flexibility index (Phi) is 7.85. The lowest BCUT2D eigenvalue weighted by Crippen LogP contribution is -2.55. The van der Waals surface area contributed by atoms with Crippen LogP contribution in [0.3, 0.4) is 0 Å². The Morgan fingerprint density at radius 2 is 2.09 bits per heavy atom. The van der Waals surface area contributed by atoms with Crippen LogP contribution >= 0.6 is 11.3 Å². The molecule has 1 aromatic heterocycles. The fraction of sp³-hybridized carbons (Fsp3) is 0.560. The number of aryl methyl sites for hydroxylation is 1. The number of aromatic nitrogens is 1. The van der Waals surface area contributed by atoms with Crippen LogP contribution in [0.15, 0.2) is 29.8 Å². The van der Waals surface area contributed by atoms with Gasteiger partial charge in [0, 0.05) is 24.4 Å². The van der Waals surface area contributed by atoms with Crippen molar-refractivity contribution in [1.82, 2.24) is 20.1 Å². The van der Waals surface area contributed by atoms with E-state index in [-0.39, 0.29) is 31.1 Å². The largest absolute Gasteiger partial charge is 0.491 e. The number of nitrogens with one attached hydrogen (secondary N) is 1. The van der Waals surface area contributed by atoms with Gasteiger partial charge in [-0.2, -0.15) is 0 Å². The molecule has 0 radical (unpaired) electrons. The maximum atomic E-state index is 13.5. The molecule has 2 aromatic rings. The second kappa shape index (κ2) is 10.8. The van der Waals surface area contributed by atoms with Crippen molar-refractivity contribution < 1.29 is 19.4 Å². The topological polar surface area (TPSA) is 95.0 Å². The first kappa shape index (κ1) is 24.6. The lowest BCUT2D eigenvalue weighted by molar-refractivity contribution is -0.134. The Labute approximate surface area is 204 Å². The summed E-state index contributed by atoms with van der Waals surface area (Å²) in [5, 5.41) is 12.1. The van der Waals surface area contributed by atoms with E-state index in [0.717, 1.165) is 54.4 Å². The number of imide groups is 1. The van der Waals surface area contributed by atoms with Crippen LogP contribution in [0.4, 0.5) is 4.79 Å². The third kappa shape index (κ3) is 5.11. The average Bonchev–Trinajstić information content (AvgIpc) is 3.37. The van der Waals surface area contributed by atoms with E-state index in [9.17, 15) is 9.59 Å². The summed E-state index contributed by atoms with van der Waals surface area (Å²) in [6.07, 6.45) is 2.97. The molecular weight excluding hydrogens is 452 g/mol. The number of carbonyl (C=O) groups excluding carboxylic acids is 2. The number of thiazole rings is 1. The number of piperidine rings is 1. The van der Waals surface area contributed by atoms with E-state index in [1.54, 1.807) is 16.8 Å². The number of aliphatic hydroxyl groups is 1. The van der Waals surface area contributed by atoms with Gasteiger partial charge in [-0.3, -0.25) is 14.6 Å². The quantitative estimate of drug-likeness (QED) is 0.502. The number of ether oxygens (including phenoxy) is 1. The van der Waals surface area contributed by atoms with Gasteiger partial charge in [-0.25, -0.2) is 9.78 Å². The maximum absolute atomic E-state index is 13.5. The van der Waals surface area contributed by atoms with Crippen LogP contribution in [-0.4, -0.2) is 70.2 Å². The van der Waals surface area contributed by atoms with E-state index in [0.29, 0.717) is 19.4 Å². The predicted octanol–water partition coefficient (Wildman–Crippen LogP) is 2.98. The van der Waals surface area contributed by atoms with Crippen LogP contribution < -0.4 is 10.1 Å². The minimum absolute atomic E-state index is 0.00547. The van der Waals surface area contributed by atoms with E-state index in [2.05, 4.69) is 21.3 Å². The monoisotopic (exact) mass is 486 g/mol. The smallest absolute Gasteiger partial charge is 0.325 e. The van der Waals surface area contributed by atoms with Crippen LogP contribution in [0.2, 0.25) is 0 Å². The average molecular weight is 487 g/mol. The molecule has 1 unspecified atom stereocenters. The zero-order valence-electron chi connectivity index (χ0n) is 20.0. The van der Waals surface area contributed by atoms with Crippen molar-refractivity contribution in [3.63, 3.8) is 0 Å². The van der Waals surface area contributed by atoms with E-state index >= 15 is 0 Å². The third-order valence-corrected chi connectivity index (χ3v) is 8.11. The SMILES string of the molecule is CCC1(C2CCN(Cc3cccc(OCCO)c3)CC2)NC(=O)N(CCc2scnc2C)C1=O. The molecule has 0 bridgehead atoms. The van der Waals surface area contributed by atoms with Crippen LogP contribution in [-0.2, 0) is 17.8 Å². The number of nitrogens with zero attached hydrogens (tertiary/aromatic N) is 3. The van der Waals surface area contributed by atoms with E-state index in [1.165, 1.54) is 4.90 Å². The van der Waals surface area contributed by atoms with Gasteiger partial charge in [0.2, 0.25) is 0 Å². The first-order chi connectivity index (χ1) is 16.5. The molecule has 9 heteroatoms. The Bertz CT molecular complexity index is 1000. The normalized spacial score (nSPS) is 21.8. The van der Waals surface area contributed by atoms with Crippen molar-refractivity contribution in [3.8, 4) is 5.75 Å². The van der Waals surface area contributed by atoms with Gasteiger partial charge in [0.15, 0.2) is 0 Å². The van der Waals surface area contributed by atoms with Gasteiger partial charge in [0.25, 0.3) is 5.91 Å². The molecule has 3 amide bonds. The zero-order chi connectivity index (χ0) is 24.1. The Morgan fingerprint density at radius 3 is 2.76 bits per heavy atom. The summed E-state index contributed by atoms with van der Waals surface area (Å²) in [5.41, 5.74) is 3.13. The molecular formula is C25H34N4O4S. The second-order valence-electron chi connectivity index (χ2n) is 9.09. The molecule has 8 nitrogen and oxygen atoms in total. The molecule has 0 spiro atoms. The highest BCUT2D eigenvalue weighted by molar-refractivity contribution is 7.09. The summed E-state index contributed by atoms with van der Waals surface area (Å²) in [6.45, 7) is 7.18. The summed E-state index contributed by atoms with van der Waals surface area (Å²) in [5.74, 6) is 0.813. The van der Waals surface area contributed by atoms with Gasteiger partial charge in [0.1, 0.15) is 17.9 Å². The number of rotatable bonds is 10. The van der Waals surface area contributed by atoms with Crippen molar-refractivity contribution in [2.45, 2.75) is 51.6 Å². The molecule has 2 N–H and O–H groups in total. The van der Waals surface area contributed by atoms with Crippen LogP contribution in [0.1, 0.15) is 42.3 Å². The molecule has 4 rings (SSSR count). The van der Waals surface area contributed by atoms with Crippen molar-refractivity contribution in [2.24, 2.45) is 5.92 Å². The molecule has 0 saturated carbocycles. The first-order valence-corrected chi connectivity index (χ1v) is 12.9. The van der Waals surface area contributed by atoms with Crippen LogP contribution in [0.5, 0.6) is 5.75 Å². The highest BCUT2D eigenvalue weighted by Gasteiger charge is 2.54. The highest BCUT2D eigenvalue weighted by Crippen LogP contribution is 2.36.